The summed E-state index contributed by atoms with van der Waals surface area (Å²) in [6.45, 7) is 2.17. The summed E-state index contributed by atoms with van der Waals surface area (Å²) in [7, 11) is 0. The van der Waals surface area contributed by atoms with E-state index in [1.165, 1.54) is 4.68 Å². The lowest BCUT2D eigenvalue weighted by atomic mass is 10.1. The number of carbonyl (C=O) groups is 2. The number of hydrogen-bond acceptors (Lipinski definition) is 5. The summed E-state index contributed by atoms with van der Waals surface area (Å²) in [6, 6.07) is 7.01. The van der Waals surface area contributed by atoms with E-state index >= 15 is 0 Å². The normalized spacial score (nSPS) is 10.2. The minimum absolute atomic E-state index is 0.0183. The maximum atomic E-state index is 12.3. The zero-order chi connectivity index (χ0) is 18.2. The Balaban J connectivity index is 2.14. The Bertz CT molecular complexity index is 880. The van der Waals surface area contributed by atoms with Crippen molar-refractivity contribution in [2.45, 2.75) is 32.9 Å². The van der Waals surface area contributed by atoms with Crippen molar-refractivity contribution in [1.82, 2.24) is 15.1 Å². The predicted octanol–water partition coefficient (Wildman–Crippen LogP) is 0.989. The number of fused-ring (bicyclic) bond motifs is 1. The number of nitrogens with one attached hydrogen (secondary N) is 1. The van der Waals surface area contributed by atoms with Gasteiger partial charge in [-0.05, 0) is 13.0 Å². The monoisotopic (exact) mass is 341 g/mol. The molecule has 0 saturated heterocycles. The molecule has 25 heavy (non-hydrogen) atoms. The lowest BCUT2D eigenvalue weighted by Crippen LogP contribution is -2.28. The van der Waals surface area contributed by atoms with E-state index in [0.717, 1.165) is 0 Å². The molecular formula is C18H19N3O4. The zero-order valence-electron chi connectivity index (χ0n) is 13.9. The number of ether oxygens (including phenoxy) is 1. The molecule has 2 aromatic rings. The molecule has 130 valence electrons. The van der Waals surface area contributed by atoms with Crippen LogP contribution in [0.4, 0.5) is 0 Å². The van der Waals surface area contributed by atoms with E-state index in [2.05, 4.69) is 16.3 Å². The van der Waals surface area contributed by atoms with Gasteiger partial charge >= 0.3 is 5.97 Å². The van der Waals surface area contributed by atoms with Gasteiger partial charge in [-0.2, -0.15) is 5.10 Å². The Morgan fingerprint density at radius 3 is 2.68 bits per heavy atom. The van der Waals surface area contributed by atoms with Crippen molar-refractivity contribution >= 4 is 22.6 Å². The lowest BCUT2D eigenvalue weighted by Gasteiger charge is -2.10. The van der Waals surface area contributed by atoms with E-state index in [0.29, 0.717) is 16.5 Å². The van der Waals surface area contributed by atoms with E-state index in [1.807, 2.05) is 0 Å². The first-order valence-electron chi connectivity index (χ1n) is 7.91. The number of carbonyl (C=O) groups excluding carboxylic acids is 2. The number of nitrogens with zero attached hydrogens (tertiary/aromatic N) is 2. The average Bonchev–Trinajstić information content (AvgIpc) is 2.61. The highest BCUT2D eigenvalue weighted by molar-refractivity contribution is 5.85. The first-order chi connectivity index (χ1) is 12.1. The SMILES string of the molecule is C#CCn1nc(CNC(=O)CCC(=O)OCC)c2ccccc2c1=O. The highest BCUT2D eigenvalue weighted by Crippen LogP contribution is 2.13. The molecule has 7 nitrogen and oxygen atoms in total. The third-order valence-corrected chi connectivity index (χ3v) is 3.50. The van der Waals surface area contributed by atoms with Crippen molar-refractivity contribution in [3.8, 4) is 12.3 Å². The van der Waals surface area contributed by atoms with Crippen molar-refractivity contribution in [1.29, 1.82) is 0 Å². The maximum Gasteiger partial charge on any atom is 0.306 e. The molecule has 0 unspecified atom stereocenters. The summed E-state index contributed by atoms with van der Waals surface area (Å²) in [6.07, 6.45) is 5.32. The van der Waals surface area contributed by atoms with Gasteiger partial charge in [-0.25, -0.2) is 4.68 Å². The zero-order valence-corrected chi connectivity index (χ0v) is 13.9. The van der Waals surface area contributed by atoms with Crippen molar-refractivity contribution in [2.75, 3.05) is 6.61 Å². The number of rotatable bonds is 7. The Morgan fingerprint density at radius 1 is 1.28 bits per heavy atom. The smallest absolute Gasteiger partial charge is 0.306 e. The predicted molar refractivity (Wildman–Crippen MR) is 92.5 cm³/mol. The van der Waals surface area contributed by atoms with Crippen LogP contribution in [0.1, 0.15) is 25.5 Å². The van der Waals surface area contributed by atoms with Crippen molar-refractivity contribution in [3.05, 3.63) is 40.3 Å². The molecule has 0 bridgehead atoms. The highest BCUT2D eigenvalue weighted by Gasteiger charge is 2.12. The summed E-state index contributed by atoms with van der Waals surface area (Å²) in [5.41, 5.74) is 0.265. The largest absolute Gasteiger partial charge is 0.466 e. The van der Waals surface area contributed by atoms with Crippen molar-refractivity contribution in [3.63, 3.8) is 0 Å². The van der Waals surface area contributed by atoms with Gasteiger partial charge in [0.15, 0.2) is 0 Å². The third-order valence-electron chi connectivity index (χ3n) is 3.50. The quantitative estimate of drug-likeness (QED) is 0.599. The molecule has 1 aromatic heterocycles. The van der Waals surface area contributed by atoms with Crippen LogP contribution >= 0.6 is 0 Å². The molecule has 0 radical (unpaired) electrons. The van der Waals surface area contributed by atoms with Crippen LogP contribution in [0.15, 0.2) is 29.1 Å². The average molecular weight is 341 g/mol. The molecule has 7 heteroatoms. The van der Waals surface area contributed by atoms with Crippen LogP contribution < -0.4 is 10.9 Å². The summed E-state index contributed by atoms with van der Waals surface area (Å²) >= 11 is 0. The fourth-order valence-electron chi connectivity index (χ4n) is 2.35. The van der Waals surface area contributed by atoms with Crippen molar-refractivity contribution < 1.29 is 14.3 Å². The molecule has 1 aromatic carbocycles. The summed E-state index contributed by atoms with van der Waals surface area (Å²) < 4.78 is 5.98. The molecule has 1 amide bonds. The Morgan fingerprint density at radius 2 is 2.00 bits per heavy atom. The molecule has 0 aliphatic heterocycles. The minimum atomic E-state index is -0.413. The van der Waals surface area contributed by atoms with Crippen LogP contribution in [0.3, 0.4) is 0 Å². The summed E-state index contributed by atoms with van der Waals surface area (Å²) in [4.78, 5) is 35.5. The van der Waals surface area contributed by atoms with Crippen LogP contribution in [0.5, 0.6) is 0 Å². The number of esters is 1. The van der Waals surface area contributed by atoms with E-state index in [4.69, 9.17) is 11.2 Å². The Kier molecular flexibility index (Phi) is 6.29. The van der Waals surface area contributed by atoms with Gasteiger partial charge in [0, 0.05) is 11.8 Å². The second-order valence-corrected chi connectivity index (χ2v) is 5.24. The van der Waals surface area contributed by atoms with Gasteiger partial charge in [-0.1, -0.05) is 24.1 Å². The van der Waals surface area contributed by atoms with E-state index in [1.54, 1.807) is 31.2 Å². The van der Waals surface area contributed by atoms with Crippen molar-refractivity contribution in [2.24, 2.45) is 0 Å². The molecule has 2 rings (SSSR count). The van der Waals surface area contributed by atoms with Crippen LogP contribution in [0, 0.1) is 12.3 Å². The number of aromatic nitrogens is 2. The Hall–Kier alpha value is -3.14. The summed E-state index contributed by atoms with van der Waals surface area (Å²) in [5.74, 6) is 1.68. The van der Waals surface area contributed by atoms with Gasteiger partial charge in [0.05, 0.1) is 30.7 Å². The molecule has 1 heterocycles. The van der Waals surface area contributed by atoms with Crippen LogP contribution in [0.2, 0.25) is 0 Å². The van der Waals surface area contributed by atoms with Gasteiger partial charge in [-0.3, -0.25) is 14.4 Å². The van der Waals surface area contributed by atoms with Gasteiger partial charge < -0.3 is 10.1 Å². The second kappa shape index (κ2) is 8.64. The van der Waals surface area contributed by atoms with Crippen LogP contribution in [0.25, 0.3) is 10.8 Å². The fraction of sp³-hybridized carbons (Fsp3) is 0.333. The number of terminal acetylenes is 1. The lowest BCUT2D eigenvalue weighted by molar-refractivity contribution is -0.144. The number of benzene rings is 1. The molecule has 1 N–H and O–H groups in total. The third kappa shape index (κ3) is 4.67. The molecular weight excluding hydrogens is 322 g/mol. The van der Waals surface area contributed by atoms with Gasteiger partial charge in [0.1, 0.15) is 6.54 Å². The van der Waals surface area contributed by atoms with Gasteiger partial charge in [0.2, 0.25) is 5.91 Å². The topological polar surface area (TPSA) is 90.3 Å². The van der Waals surface area contributed by atoms with E-state index in [9.17, 15) is 14.4 Å². The van der Waals surface area contributed by atoms with E-state index in [-0.39, 0.29) is 44.0 Å². The Labute approximate surface area is 145 Å². The molecule has 0 atom stereocenters. The minimum Gasteiger partial charge on any atom is -0.466 e. The second-order valence-electron chi connectivity index (χ2n) is 5.24. The van der Waals surface area contributed by atoms with E-state index < -0.39 is 5.97 Å². The molecule has 0 aliphatic rings. The maximum absolute atomic E-state index is 12.3. The summed E-state index contributed by atoms with van der Waals surface area (Å²) in [5, 5.41) is 8.09. The fourth-order valence-corrected chi connectivity index (χ4v) is 2.35. The van der Waals surface area contributed by atoms with Crippen LogP contribution in [-0.2, 0) is 27.4 Å². The molecule has 0 spiro atoms. The number of amides is 1. The molecule has 0 aliphatic carbocycles. The molecule has 0 fully saturated rings. The first kappa shape index (κ1) is 18.2. The van der Waals surface area contributed by atoms with Crippen LogP contribution in [-0.4, -0.2) is 28.3 Å². The van der Waals surface area contributed by atoms with Gasteiger partial charge in [0.25, 0.3) is 5.56 Å². The molecule has 0 saturated carbocycles. The highest BCUT2D eigenvalue weighted by atomic mass is 16.5. The van der Waals surface area contributed by atoms with Gasteiger partial charge in [-0.15, -0.1) is 6.42 Å². The first-order valence-corrected chi connectivity index (χ1v) is 7.91. The standard InChI is InChI=1S/C18H19N3O4/c1-3-11-21-18(24)14-8-6-5-7-13(14)15(20-21)12-19-16(22)9-10-17(23)25-4-2/h1,5-8H,4,9-12H2,2H3,(H,19,22). The number of hydrogen-bond donors (Lipinski definition) is 1.